The van der Waals surface area contributed by atoms with Crippen molar-refractivity contribution in [3.8, 4) is 11.1 Å². The van der Waals surface area contributed by atoms with E-state index in [4.69, 9.17) is 4.74 Å². The first-order valence-corrected chi connectivity index (χ1v) is 6.02. The van der Waals surface area contributed by atoms with Gasteiger partial charge in [0.05, 0.1) is 12.8 Å². The van der Waals surface area contributed by atoms with Gasteiger partial charge in [-0.15, -0.1) is 0 Å². The number of nitrogens with one attached hydrogen (secondary N) is 1. The van der Waals surface area contributed by atoms with Crippen molar-refractivity contribution in [2.24, 2.45) is 0 Å². The van der Waals surface area contributed by atoms with Crippen molar-refractivity contribution in [2.75, 3.05) is 6.61 Å². The molecule has 0 aliphatic heterocycles. The predicted octanol–water partition coefficient (Wildman–Crippen LogP) is 2.64. The number of hydrogen-bond donors (Lipinski definition) is 1. The average molecular weight is 247 g/mol. The lowest BCUT2D eigenvalue weighted by molar-refractivity contribution is 0.0521. The molecule has 0 fully saturated rings. The number of esters is 1. The van der Waals surface area contributed by atoms with Crippen LogP contribution in [0.15, 0.2) is 24.7 Å². The fourth-order valence-electron chi connectivity index (χ4n) is 1.74. The number of carbonyl (C=O) groups is 1. The van der Waals surface area contributed by atoms with Gasteiger partial charge in [0.1, 0.15) is 5.69 Å². The van der Waals surface area contributed by atoms with E-state index in [1.54, 1.807) is 19.3 Å². The molecule has 2 aromatic heterocycles. The Morgan fingerprint density at radius 1 is 1.56 bits per heavy atom. The van der Waals surface area contributed by atoms with Gasteiger partial charge in [-0.2, -0.15) is 5.10 Å². The van der Waals surface area contributed by atoms with E-state index in [9.17, 15) is 4.79 Å². The van der Waals surface area contributed by atoms with Crippen molar-refractivity contribution in [3.05, 3.63) is 30.4 Å². The first kappa shape index (κ1) is 12.4. The van der Waals surface area contributed by atoms with Crippen LogP contribution in [0.1, 0.15) is 37.3 Å². The molecule has 0 amide bonds. The largest absolute Gasteiger partial charge is 0.461 e. The first-order chi connectivity index (χ1) is 8.63. The lowest BCUT2D eigenvalue weighted by Gasteiger charge is -2.04. The van der Waals surface area contributed by atoms with E-state index in [2.05, 4.69) is 23.9 Å². The Kier molecular flexibility index (Phi) is 3.50. The lowest BCUT2D eigenvalue weighted by atomic mass is 10.1. The number of aromatic amines is 1. The molecule has 0 atom stereocenters. The summed E-state index contributed by atoms with van der Waals surface area (Å²) in [4.78, 5) is 14.7. The van der Waals surface area contributed by atoms with Crippen LogP contribution in [0, 0.1) is 0 Å². The van der Waals surface area contributed by atoms with E-state index < -0.39 is 0 Å². The number of ether oxygens (including phenoxy) is 1. The Bertz CT molecular complexity index is 540. The number of aromatic nitrogens is 3. The van der Waals surface area contributed by atoms with E-state index in [1.165, 1.54) is 0 Å². The SMILES string of the molecule is CCOC(=O)c1[nH]ccc1-c1cnn(C(C)C)c1. The number of hydrogen-bond acceptors (Lipinski definition) is 3. The minimum Gasteiger partial charge on any atom is -0.461 e. The average Bonchev–Trinajstić information content (AvgIpc) is 2.98. The van der Waals surface area contributed by atoms with Gasteiger partial charge in [0, 0.05) is 29.6 Å². The molecule has 18 heavy (non-hydrogen) atoms. The summed E-state index contributed by atoms with van der Waals surface area (Å²) in [7, 11) is 0. The van der Waals surface area contributed by atoms with Crippen LogP contribution in [0.25, 0.3) is 11.1 Å². The normalized spacial score (nSPS) is 10.9. The molecule has 2 heterocycles. The minimum atomic E-state index is -0.338. The molecule has 0 unspecified atom stereocenters. The smallest absolute Gasteiger partial charge is 0.355 e. The van der Waals surface area contributed by atoms with Gasteiger partial charge in [0.25, 0.3) is 0 Å². The summed E-state index contributed by atoms with van der Waals surface area (Å²) in [5.41, 5.74) is 2.20. The molecule has 0 bridgehead atoms. The highest BCUT2D eigenvalue weighted by Gasteiger charge is 2.16. The minimum absolute atomic E-state index is 0.295. The van der Waals surface area contributed by atoms with Crippen LogP contribution in [0.3, 0.4) is 0 Å². The van der Waals surface area contributed by atoms with E-state index >= 15 is 0 Å². The Morgan fingerprint density at radius 2 is 2.33 bits per heavy atom. The van der Waals surface area contributed by atoms with Gasteiger partial charge < -0.3 is 9.72 Å². The second-order valence-electron chi connectivity index (χ2n) is 4.29. The summed E-state index contributed by atoms with van der Waals surface area (Å²) in [6.45, 7) is 6.26. The number of carbonyl (C=O) groups excluding carboxylic acids is 1. The summed E-state index contributed by atoms with van der Waals surface area (Å²) in [6.07, 6.45) is 5.41. The van der Waals surface area contributed by atoms with Crippen molar-refractivity contribution in [3.63, 3.8) is 0 Å². The fourth-order valence-corrected chi connectivity index (χ4v) is 1.74. The number of nitrogens with zero attached hydrogens (tertiary/aromatic N) is 2. The van der Waals surface area contributed by atoms with Crippen LogP contribution in [-0.4, -0.2) is 27.3 Å². The molecule has 0 spiro atoms. The van der Waals surface area contributed by atoms with Gasteiger partial charge in [0.15, 0.2) is 0 Å². The maximum Gasteiger partial charge on any atom is 0.355 e. The molecular formula is C13H17N3O2. The maximum atomic E-state index is 11.8. The molecule has 96 valence electrons. The van der Waals surface area contributed by atoms with Crippen LogP contribution >= 0.6 is 0 Å². The first-order valence-electron chi connectivity index (χ1n) is 6.02. The van der Waals surface area contributed by atoms with E-state index in [0.717, 1.165) is 11.1 Å². The molecule has 5 heteroatoms. The van der Waals surface area contributed by atoms with Crippen molar-refractivity contribution in [1.29, 1.82) is 0 Å². The highest BCUT2D eigenvalue weighted by atomic mass is 16.5. The zero-order chi connectivity index (χ0) is 13.1. The van der Waals surface area contributed by atoms with Crippen molar-refractivity contribution >= 4 is 5.97 Å². The van der Waals surface area contributed by atoms with E-state index in [-0.39, 0.29) is 5.97 Å². The molecule has 0 aromatic carbocycles. The summed E-state index contributed by atoms with van der Waals surface area (Å²) in [6, 6.07) is 2.15. The highest BCUT2D eigenvalue weighted by Crippen LogP contribution is 2.24. The van der Waals surface area contributed by atoms with Gasteiger partial charge in [-0.25, -0.2) is 4.79 Å². The predicted molar refractivity (Wildman–Crippen MR) is 68.4 cm³/mol. The maximum absolute atomic E-state index is 11.8. The second kappa shape index (κ2) is 5.08. The Hall–Kier alpha value is -2.04. The zero-order valence-corrected chi connectivity index (χ0v) is 10.8. The van der Waals surface area contributed by atoms with E-state index in [0.29, 0.717) is 18.3 Å². The highest BCUT2D eigenvalue weighted by molar-refractivity contribution is 5.95. The van der Waals surface area contributed by atoms with Crippen molar-refractivity contribution < 1.29 is 9.53 Å². The molecule has 0 radical (unpaired) electrons. The third kappa shape index (κ3) is 2.30. The van der Waals surface area contributed by atoms with Gasteiger partial charge in [-0.3, -0.25) is 4.68 Å². The summed E-state index contributed by atoms with van der Waals surface area (Å²) in [5, 5.41) is 4.27. The molecule has 2 rings (SSSR count). The van der Waals surface area contributed by atoms with Crippen molar-refractivity contribution in [2.45, 2.75) is 26.8 Å². The van der Waals surface area contributed by atoms with Gasteiger partial charge in [-0.05, 0) is 26.8 Å². The third-order valence-electron chi connectivity index (χ3n) is 2.67. The Labute approximate surface area is 106 Å². The zero-order valence-electron chi connectivity index (χ0n) is 10.8. The Morgan fingerprint density at radius 3 is 2.94 bits per heavy atom. The number of rotatable bonds is 4. The molecular weight excluding hydrogens is 230 g/mol. The molecule has 5 nitrogen and oxygen atoms in total. The Balaban J connectivity index is 2.33. The standard InChI is InChI=1S/C13H17N3O2/c1-4-18-13(17)12-11(5-6-14-12)10-7-15-16(8-10)9(2)3/h5-9,14H,4H2,1-3H3. The van der Waals surface area contributed by atoms with Crippen LogP contribution in [0.5, 0.6) is 0 Å². The van der Waals surface area contributed by atoms with Gasteiger partial charge in [-0.1, -0.05) is 0 Å². The third-order valence-corrected chi connectivity index (χ3v) is 2.67. The number of H-pyrrole nitrogens is 1. The van der Waals surface area contributed by atoms with Crippen molar-refractivity contribution in [1.82, 2.24) is 14.8 Å². The van der Waals surface area contributed by atoms with Gasteiger partial charge in [0.2, 0.25) is 0 Å². The van der Waals surface area contributed by atoms with Crippen LogP contribution in [0.4, 0.5) is 0 Å². The van der Waals surface area contributed by atoms with Crippen LogP contribution < -0.4 is 0 Å². The molecule has 0 saturated carbocycles. The summed E-state index contributed by atoms with van der Waals surface area (Å²) in [5.74, 6) is -0.338. The monoisotopic (exact) mass is 247 g/mol. The molecule has 0 saturated heterocycles. The van der Waals surface area contributed by atoms with Gasteiger partial charge >= 0.3 is 5.97 Å². The lowest BCUT2D eigenvalue weighted by Crippen LogP contribution is -2.06. The fraction of sp³-hybridized carbons (Fsp3) is 0.385. The quantitative estimate of drug-likeness (QED) is 0.845. The van der Waals surface area contributed by atoms with Crippen LogP contribution in [0.2, 0.25) is 0 Å². The molecule has 2 aromatic rings. The summed E-state index contributed by atoms with van der Waals surface area (Å²) >= 11 is 0. The second-order valence-corrected chi connectivity index (χ2v) is 4.29. The van der Waals surface area contributed by atoms with Crippen LogP contribution in [-0.2, 0) is 4.74 Å². The molecule has 0 aliphatic carbocycles. The topological polar surface area (TPSA) is 59.9 Å². The molecule has 1 N–H and O–H groups in total. The van der Waals surface area contributed by atoms with E-state index in [1.807, 2.05) is 16.9 Å². The summed E-state index contributed by atoms with van der Waals surface area (Å²) < 4.78 is 6.86. The molecule has 0 aliphatic rings.